The van der Waals surface area contributed by atoms with Gasteiger partial charge in [0.05, 0.1) is 0 Å². The van der Waals surface area contributed by atoms with Gasteiger partial charge in [-0.1, -0.05) is 0 Å². The van der Waals surface area contributed by atoms with Crippen LogP contribution in [0.5, 0.6) is 0 Å². The molecule has 1 saturated heterocycles. The summed E-state index contributed by atoms with van der Waals surface area (Å²) in [6, 6.07) is 3.33. The van der Waals surface area contributed by atoms with Crippen molar-refractivity contribution in [1.29, 1.82) is 0 Å². The smallest absolute Gasteiger partial charge is 0.267 e. The van der Waals surface area contributed by atoms with E-state index in [0.29, 0.717) is 5.82 Å². The van der Waals surface area contributed by atoms with Gasteiger partial charge in [0.2, 0.25) is 0 Å². The number of piperidine rings is 1. The van der Waals surface area contributed by atoms with E-state index in [0.717, 1.165) is 10.8 Å². The summed E-state index contributed by atoms with van der Waals surface area (Å²) in [4.78, 5) is 21.4. The summed E-state index contributed by atoms with van der Waals surface area (Å²) in [6.45, 7) is 0.373. The highest BCUT2D eigenvalue weighted by atomic mass is 19.3. The van der Waals surface area contributed by atoms with Crippen molar-refractivity contribution in [2.24, 2.45) is 5.73 Å². The van der Waals surface area contributed by atoms with Crippen molar-refractivity contribution in [3.63, 3.8) is 0 Å². The Bertz CT molecular complexity index is 694. The normalized spacial score (nSPS) is 17.9. The van der Waals surface area contributed by atoms with Crippen molar-refractivity contribution in [2.75, 3.05) is 18.0 Å². The molecule has 7 heteroatoms. The predicted molar refractivity (Wildman–Crippen MR) is 74.4 cm³/mol. The van der Waals surface area contributed by atoms with Crippen LogP contribution in [0, 0.1) is 0 Å². The van der Waals surface area contributed by atoms with Gasteiger partial charge in [-0.3, -0.25) is 9.78 Å². The molecule has 2 N–H and O–H groups in total. The van der Waals surface area contributed by atoms with Gasteiger partial charge in [0.25, 0.3) is 11.8 Å². The first-order valence-electron chi connectivity index (χ1n) is 6.64. The van der Waals surface area contributed by atoms with Crippen molar-refractivity contribution >= 4 is 22.5 Å². The number of anilines is 1. The second-order valence-corrected chi connectivity index (χ2v) is 5.14. The molecule has 0 atom stereocenters. The number of hydrogen-bond donors (Lipinski definition) is 1. The van der Waals surface area contributed by atoms with Gasteiger partial charge in [-0.05, 0) is 17.5 Å². The maximum atomic E-state index is 13.3. The van der Waals surface area contributed by atoms with E-state index >= 15 is 0 Å². The number of hydrogen-bond acceptors (Lipinski definition) is 4. The molecule has 1 fully saturated rings. The molecule has 0 unspecified atom stereocenters. The van der Waals surface area contributed by atoms with Crippen molar-refractivity contribution in [2.45, 2.75) is 18.8 Å². The number of pyridine rings is 2. The molecule has 0 aliphatic carbocycles. The summed E-state index contributed by atoms with van der Waals surface area (Å²) >= 11 is 0. The summed E-state index contributed by atoms with van der Waals surface area (Å²) in [5.41, 5.74) is 5.42. The topological polar surface area (TPSA) is 72.1 Å². The minimum Gasteiger partial charge on any atom is -0.364 e. The molecule has 2 aromatic rings. The van der Waals surface area contributed by atoms with Crippen LogP contribution in [-0.4, -0.2) is 34.9 Å². The van der Waals surface area contributed by atoms with Crippen molar-refractivity contribution in [1.82, 2.24) is 9.97 Å². The van der Waals surface area contributed by atoms with Crippen LogP contribution in [0.25, 0.3) is 10.8 Å². The molecule has 3 rings (SSSR count). The molecule has 0 spiro atoms. The van der Waals surface area contributed by atoms with Crippen LogP contribution >= 0.6 is 0 Å². The van der Waals surface area contributed by atoms with Gasteiger partial charge in [0, 0.05) is 43.7 Å². The van der Waals surface area contributed by atoms with Crippen molar-refractivity contribution in [3.8, 4) is 0 Å². The summed E-state index contributed by atoms with van der Waals surface area (Å²) in [5.74, 6) is -2.78. The molecular formula is C14H14F2N4O. The van der Waals surface area contributed by atoms with Crippen LogP contribution in [0.1, 0.15) is 23.3 Å². The zero-order valence-electron chi connectivity index (χ0n) is 11.2. The SMILES string of the molecule is NC(=O)c1cc2ccncc2c(N2CCC(F)(F)CC2)n1. The molecule has 3 heterocycles. The molecule has 1 aliphatic heterocycles. The number of nitrogens with zero attached hydrogens (tertiary/aromatic N) is 3. The summed E-state index contributed by atoms with van der Waals surface area (Å²) in [6.07, 6.45) is 2.77. The lowest BCUT2D eigenvalue weighted by Crippen LogP contribution is -2.40. The first-order valence-corrected chi connectivity index (χ1v) is 6.64. The first-order chi connectivity index (χ1) is 9.96. The number of rotatable bonds is 2. The standard InChI is InChI=1S/C14H14F2N4O/c15-14(16)2-5-20(6-3-14)13-10-8-18-4-1-9(10)7-11(19-13)12(17)21/h1,4,7-8H,2-3,5-6H2,(H2,17,21). The van der Waals surface area contributed by atoms with Crippen LogP contribution in [0.3, 0.4) is 0 Å². The van der Waals surface area contributed by atoms with E-state index in [1.54, 1.807) is 29.4 Å². The minimum absolute atomic E-state index is 0.126. The van der Waals surface area contributed by atoms with Gasteiger partial charge in [-0.25, -0.2) is 13.8 Å². The zero-order chi connectivity index (χ0) is 15.0. The van der Waals surface area contributed by atoms with Gasteiger partial charge >= 0.3 is 0 Å². The van der Waals surface area contributed by atoms with Crippen LogP contribution in [0.4, 0.5) is 14.6 Å². The zero-order valence-corrected chi connectivity index (χ0v) is 11.2. The number of aromatic nitrogens is 2. The van der Waals surface area contributed by atoms with Crippen LogP contribution in [0.2, 0.25) is 0 Å². The number of carbonyl (C=O) groups is 1. The Hall–Kier alpha value is -2.31. The quantitative estimate of drug-likeness (QED) is 0.918. The number of fused-ring (bicyclic) bond motifs is 1. The van der Waals surface area contributed by atoms with Gasteiger partial charge in [0.1, 0.15) is 11.5 Å². The number of nitrogens with two attached hydrogens (primary N) is 1. The number of halogens is 2. The van der Waals surface area contributed by atoms with E-state index in [1.165, 1.54) is 0 Å². The molecule has 1 aliphatic rings. The Labute approximate surface area is 119 Å². The second-order valence-electron chi connectivity index (χ2n) is 5.14. The summed E-state index contributed by atoms with van der Waals surface area (Å²) in [7, 11) is 0. The lowest BCUT2D eigenvalue weighted by atomic mass is 10.1. The van der Waals surface area contributed by atoms with Gasteiger partial charge < -0.3 is 10.6 Å². The van der Waals surface area contributed by atoms with E-state index < -0.39 is 11.8 Å². The maximum absolute atomic E-state index is 13.3. The molecule has 21 heavy (non-hydrogen) atoms. The molecule has 0 bridgehead atoms. The van der Waals surface area contributed by atoms with E-state index in [4.69, 9.17) is 5.73 Å². The van der Waals surface area contributed by atoms with Crippen LogP contribution < -0.4 is 10.6 Å². The Morgan fingerprint density at radius 3 is 2.71 bits per heavy atom. The van der Waals surface area contributed by atoms with E-state index in [1.807, 2.05) is 0 Å². The Kier molecular flexibility index (Phi) is 3.19. The highest BCUT2D eigenvalue weighted by Gasteiger charge is 2.35. The molecule has 0 aromatic carbocycles. The summed E-state index contributed by atoms with van der Waals surface area (Å²) in [5, 5.41) is 1.49. The number of carbonyl (C=O) groups excluding carboxylic acids is 1. The molecule has 1 amide bonds. The highest BCUT2D eigenvalue weighted by Crippen LogP contribution is 2.32. The van der Waals surface area contributed by atoms with E-state index in [-0.39, 0.29) is 31.6 Å². The van der Waals surface area contributed by atoms with Gasteiger partial charge in [0.15, 0.2) is 0 Å². The third-order valence-electron chi connectivity index (χ3n) is 3.66. The lowest BCUT2D eigenvalue weighted by molar-refractivity contribution is -0.0221. The summed E-state index contributed by atoms with van der Waals surface area (Å²) < 4.78 is 26.6. The first kappa shape index (κ1) is 13.7. The van der Waals surface area contributed by atoms with E-state index in [2.05, 4.69) is 9.97 Å². The van der Waals surface area contributed by atoms with Crippen molar-refractivity contribution in [3.05, 3.63) is 30.2 Å². The molecule has 2 aromatic heterocycles. The number of alkyl halides is 2. The maximum Gasteiger partial charge on any atom is 0.267 e. The molecule has 0 saturated carbocycles. The Balaban J connectivity index is 2.06. The van der Waals surface area contributed by atoms with Crippen LogP contribution in [0.15, 0.2) is 24.5 Å². The molecule has 110 valence electrons. The Morgan fingerprint density at radius 1 is 1.33 bits per heavy atom. The fourth-order valence-corrected chi connectivity index (χ4v) is 2.48. The third kappa shape index (κ3) is 2.63. The molecule has 0 radical (unpaired) electrons. The number of amides is 1. The Morgan fingerprint density at radius 2 is 2.05 bits per heavy atom. The fourth-order valence-electron chi connectivity index (χ4n) is 2.48. The van der Waals surface area contributed by atoms with Gasteiger partial charge in [-0.2, -0.15) is 0 Å². The minimum atomic E-state index is -2.63. The van der Waals surface area contributed by atoms with Crippen LogP contribution in [-0.2, 0) is 0 Å². The van der Waals surface area contributed by atoms with E-state index in [9.17, 15) is 13.6 Å². The second kappa shape index (κ2) is 4.91. The largest absolute Gasteiger partial charge is 0.364 e. The monoisotopic (exact) mass is 292 g/mol. The third-order valence-corrected chi connectivity index (χ3v) is 3.66. The van der Waals surface area contributed by atoms with Crippen molar-refractivity contribution < 1.29 is 13.6 Å². The lowest BCUT2D eigenvalue weighted by Gasteiger charge is -2.33. The molecular weight excluding hydrogens is 278 g/mol. The predicted octanol–water partition coefficient (Wildman–Crippen LogP) is 1.96. The average molecular weight is 292 g/mol. The average Bonchev–Trinajstić information content (AvgIpc) is 2.46. The molecule has 5 nitrogen and oxygen atoms in total. The van der Waals surface area contributed by atoms with Gasteiger partial charge in [-0.15, -0.1) is 0 Å². The highest BCUT2D eigenvalue weighted by molar-refractivity contribution is 5.99. The number of primary amides is 1. The fraction of sp³-hybridized carbons (Fsp3) is 0.357.